The highest BCUT2D eigenvalue weighted by atomic mass is 35.5. The standard InChI is InChI=1S/C24H21ClN6O2S/c1-15-11-16(2)28-24(27-15)34-14-17-7-9-18(10-8-17)22(32)29-30-23(33)19-12-26-31(13-19)21-6-4-3-5-20(21)25/h3-13H,14H2,1-2H3,(H,29,32)(H,30,33). The van der Waals surface area contributed by atoms with Gasteiger partial charge in [0.2, 0.25) is 0 Å². The maximum Gasteiger partial charge on any atom is 0.272 e. The topological polar surface area (TPSA) is 102 Å². The monoisotopic (exact) mass is 492 g/mol. The Balaban J connectivity index is 1.31. The van der Waals surface area contributed by atoms with Crippen LogP contribution in [0.5, 0.6) is 0 Å². The Kier molecular flexibility index (Phi) is 7.24. The number of hydrogen-bond donors (Lipinski definition) is 2. The number of hydrogen-bond acceptors (Lipinski definition) is 6. The van der Waals surface area contributed by atoms with Crippen molar-refractivity contribution in [1.82, 2.24) is 30.6 Å². The number of rotatable bonds is 6. The SMILES string of the molecule is Cc1cc(C)nc(SCc2ccc(C(=O)NNC(=O)c3cnn(-c4ccccc4Cl)c3)cc2)n1. The molecule has 2 N–H and O–H groups in total. The molecule has 0 bridgehead atoms. The lowest BCUT2D eigenvalue weighted by atomic mass is 10.1. The molecule has 2 aromatic carbocycles. The first-order chi connectivity index (χ1) is 16.4. The van der Waals surface area contributed by atoms with Crippen molar-refractivity contribution < 1.29 is 9.59 Å². The molecule has 0 atom stereocenters. The Morgan fingerprint density at radius 1 is 0.941 bits per heavy atom. The number of amides is 2. The van der Waals surface area contributed by atoms with Gasteiger partial charge < -0.3 is 0 Å². The van der Waals surface area contributed by atoms with Crippen LogP contribution in [-0.2, 0) is 5.75 Å². The minimum Gasteiger partial charge on any atom is -0.267 e. The van der Waals surface area contributed by atoms with Crippen LogP contribution in [0.4, 0.5) is 0 Å². The molecule has 0 aliphatic heterocycles. The van der Waals surface area contributed by atoms with Crippen molar-refractivity contribution in [2.75, 3.05) is 0 Å². The maximum atomic E-state index is 12.4. The zero-order chi connectivity index (χ0) is 24.1. The predicted molar refractivity (Wildman–Crippen MR) is 131 cm³/mol. The largest absolute Gasteiger partial charge is 0.272 e. The van der Waals surface area contributed by atoms with Gasteiger partial charge in [-0.1, -0.05) is 47.6 Å². The zero-order valence-corrected chi connectivity index (χ0v) is 20.0. The molecule has 0 spiro atoms. The molecule has 0 saturated carbocycles. The number of aromatic nitrogens is 4. The first kappa shape index (κ1) is 23.5. The zero-order valence-electron chi connectivity index (χ0n) is 18.4. The van der Waals surface area contributed by atoms with Gasteiger partial charge in [0, 0.05) is 28.9 Å². The molecule has 8 nitrogen and oxygen atoms in total. The van der Waals surface area contributed by atoms with Crippen LogP contribution in [-0.4, -0.2) is 31.6 Å². The number of benzene rings is 2. The number of thioether (sulfide) groups is 1. The van der Waals surface area contributed by atoms with E-state index >= 15 is 0 Å². The second-order valence-corrected chi connectivity index (χ2v) is 8.80. The molecule has 0 saturated heterocycles. The fourth-order valence-corrected chi connectivity index (χ4v) is 4.25. The number of carbonyl (C=O) groups is 2. The summed E-state index contributed by atoms with van der Waals surface area (Å²) in [7, 11) is 0. The van der Waals surface area contributed by atoms with Crippen LogP contribution in [0.1, 0.15) is 37.7 Å². The molecule has 0 aliphatic carbocycles. The summed E-state index contributed by atoms with van der Waals surface area (Å²) in [6.45, 7) is 3.88. The summed E-state index contributed by atoms with van der Waals surface area (Å²) in [5, 5.41) is 5.39. The van der Waals surface area contributed by atoms with E-state index in [9.17, 15) is 9.59 Å². The Morgan fingerprint density at radius 2 is 1.59 bits per heavy atom. The first-order valence-electron chi connectivity index (χ1n) is 10.3. The van der Waals surface area contributed by atoms with Gasteiger partial charge in [0.05, 0.1) is 22.5 Å². The van der Waals surface area contributed by atoms with Crippen LogP contribution in [0, 0.1) is 13.8 Å². The summed E-state index contributed by atoms with van der Waals surface area (Å²) >= 11 is 7.70. The number of aryl methyl sites for hydroxylation is 2. The van der Waals surface area contributed by atoms with E-state index in [0.717, 1.165) is 22.1 Å². The van der Waals surface area contributed by atoms with Gasteiger partial charge in [0.15, 0.2) is 5.16 Å². The van der Waals surface area contributed by atoms with E-state index in [2.05, 4.69) is 25.9 Å². The van der Waals surface area contributed by atoms with E-state index in [0.29, 0.717) is 22.0 Å². The van der Waals surface area contributed by atoms with E-state index in [1.54, 1.807) is 24.3 Å². The summed E-state index contributed by atoms with van der Waals surface area (Å²) < 4.78 is 1.50. The number of hydrazine groups is 1. The van der Waals surface area contributed by atoms with Crippen molar-refractivity contribution in [1.29, 1.82) is 0 Å². The third kappa shape index (κ3) is 5.81. The van der Waals surface area contributed by atoms with Gasteiger partial charge in [-0.05, 0) is 49.7 Å². The number of nitrogens with one attached hydrogen (secondary N) is 2. The molecule has 10 heteroatoms. The highest BCUT2D eigenvalue weighted by Gasteiger charge is 2.13. The number of nitrogens with zero attached hydrogens (tertiary/aromatic N) is 4. The van der Waals surface area contributed by atoms with Crippen LogP contribution in [0.3, 0.4) is 0 Å². The maximum absolute atomic E-state index is 12.4. The van der Waals surface area contributed by atoms with E-state index in [1.807, 2.05) is 44.2 Å². The summed E-state index contributed by atoms with van der Waals surface area (Å²) in [5.74, 6) is -0.242. The van der Waals surface area contributed by atoms with Gasteiger partial charge in [0.1, 0.15) is 0 Å². The molecule has 0 fully saturated rings. The molecule has 2 aromatic heterocycles. The van der Waals surface area contributed by atoms with E-state index in [-0.39, 0.29) is 5.56 Å². The fraction of sp³-hybridized carbons (Fsp3) is 0.125. The molecule has 4 aromatic rings. The summed E-state index contributed by atoms with van der Waals surface area (Å²) in [5.41, 5.74) is 9.06. The smallest absolute Gasteiger partial charge is 0.267 e. The van der Waals surface area contributed by atoms with Gasteiger partial charge >= 0.3 is 0 Å². The van der Waals surface area contributed by atoms with Crippen LogP contribution in [0.2, 0.25) is 5.02 Å². The molecule has 2 heterocycles. The Labute approximate surface area is 205 Å². The van der Waals surface area contributed by atoms with Crippen LogP contribution >= 0.6 is 23.4 Å². The predicted octanol–water partition coefficient (Wildman–Crippen LogP) is 4.30. The van der Waals surface area contributed by atoms with Gasteiger partial charge in [-0.25, -0.2) is 14.6 Å². The molecule has 172 valence electrons. The van der Waals surface area contributed by atoms with Gasteiger partial charge in [-0.15, -0.1) is 0 Å². The number of carbonyl (C=O) groups excluding carboxylic acids is 2. The van der Waals surface area contributed by atoms with Crippen LogP contribution < -0.4 is 10.9 Å². The molecule has 0 unspecified atom stereocenters. The van der Waals surface area contributed by atoms with Crippen molar-refractivity contribution in [2.24, 2.45) is 0 Å². The number of para-hydroxylation sites is 1. The van der Waals surface area contributed by atoms with E-state index < -0.39 is 11.8 Å². The van der Waals surface area contributed by atoms with Gasteiger partial charge in [0.25, 0.3) is 11.8 Å². The normalized spacial score (nSPS) is 10.7. The minimum absolute atomic E-state index is 0.279. The summed E-state index contributed by atoms with van der Waals surface area (Å²) in [6.07, 6.45) is 2.94. The van der Waals surface area contributed by atoms with Gasteiger partial charge in [-0.3, -0.25) is 20.4 Å². The summed E-state index contributed by atoms with van der Waals surface area (Å²) in [4.78, 5) is 33.7. The van der Waals surface area contributed by atoms with Crippen molar-refractivity contribution >= 4 is 35.2 Å². The quantitative estimate of drug-likeness (QED) is 0.236. The lowest BCUT2D eigenvalue weighted by molar-refractivity contribution is 0.0846. The van der Waals surface area contributed by atoms with Crippen molar-refractivity contribution in [3.8, 4) is 5.69 Å². The second kappa shape index (κ2) is 10.5. The van der Waals surface area contributed by atoms with Crippen molar-refractivity contribution in [3.63, 3.8) is 0 Å². The second-order valence-electron chi connectivity index (χ2n) is 7.45. The Bertz CT molecular complexity index is 1320. The molecule has 4 rings (SSSR count). The van der Waals surface area contributed by atoms with Crippen LogP contribution in [0.25, 0.3) is 5.69 Å². The Hall–Kier alpha value is -3.69. The highest BCUT2D eigenvalue weighted by Crippen LogP contribution is 2.21. The minimum atomic E-state index is -0.492. The van der Waals surface area contributed by atoms with Gasteiger partial charge in [-0.2, -0.15) is 5.10 Å². The molecule has 0 radical (unpaired) electrons. The molecule has 34 heavy (non-hydrogen) atoms. The van der Waals surface area contributed by atoms with E-state index in [4.69, 9.17) is 11.6 Å². The van der Waals surface area contributed by atoms with E-state index in [1.165, 1.54) is 28.8 Å². The van der Waals surface area contributed by atoms with Crippen molar-refractivity contribution in [3.05, 3.63) is 100 Å². The summed E-state index contributed by atoms with van der Waals surface area (Å²) in [6, 6.07) is 16.2. The number of halogens is 1. The average Bonchev–Trinajstić information content (AvgIpc) is 3.31. The molecule has 2 amide bonds. The highest BCUT2D eigenvalue weighted by molar-refractivity contribution is 7.98. The third-order valence-corrected chi connectivity index (χ3v) is 6.02. The first-order valence-corrected chi connectivity index (χ1v) is 11.7. The molecular formula is C24H21ClN6O2S. The fourth-order valence-electron chi connectivity index (χ4n) is 3.13. The lowest BCUT2D eigenvalue weighted by Gasteiger charge is -2.07. The average molecular weight is 493 g/mol. The lowest BCUT2D eigenvalue weighted by Crippen LogP contribution is -2.41. The molecule has 0 aliphatic rings. The van der Waals surface area contributed by atoms with Crippen LogP contribution in [0.15, 0.2) is 72.1 Å². The Morgan fingerprint density at radius 3 is 2.26 bits per heavy atom. The molecular weight excluding hydrogens is 472 g/mol. The van der Waals surface area contributed by atoms with Crippen molar-refractivity contribution in [2.45, 2.75) is 24.8 Å². The third-order valence-electron chi connectivity index (χ3n) is 4.78.